The average molecular weight is 235 g/mol. The van der Waals surface area contributed by atoms with E-state index in [0.717, 1.165) is 10.6 Å². The zero-order valence-electron chi connectivity index (χ0n) is 8.43. The van der Waals surface area contributed by atoms with Crippen LogP contribution in [0, 0.1) is 5.82 Å². The molecule has 2 aromatic rings. The number of thioether (sulfide) groups is 1. The fraction of sp³-hybridized carbons (Fsp3) is 0.0909. The van der Waals surface area contributed by atoms with Crippen LogP contribution in [0.25, 0.3) is 0 Å². The number of halogens is 1. The first kappa shape index (κ1) is 10.9. The van der Waals surface area contributed by atoms with Gasteiger partial charge in [-0.2, -0.15) is 0 Å². The second kappa shape index (κ2) is 4.94. The van der Waals surface area contributed by atoms with Crippen molar-refractivity contribution in [2.75, 3.05) is 5.73 Å². The van der Waals surface area contributed by atoms with E-state index in [1.54, 1.807) is 24.7 Å². The molecule has 0 saturated heterocycles. The van der Waals surface area contributed by atoms with Crippen LogP contribution in [0.3, 0.4) is 0 Å². The van der Waals surface area contributed by atoms with E-state index >= 15 is 0 Å². The Bertz CT molecular complexity index is 476. The molecule has 2 N–H and O–H groups in total. The molecule has 1 aromatic carbocycles. The maximum atomic E-state index is 13.0. The number of hydrogen-bond donors (Lipinski definition) is 1. The molecule has 0 atom stereocenters. The van der Waals surface area contributed by atoms with Gasteiger partial charge >= 0.3 is 0 Å². The first-order valence-electron chi connectivity index (χ1n) is 4.68. The second-order valence-corrected chi connectivity index (χ2v) is 4.18. The summed E-state index contributed by atoms with van der Waals surface area (Å²) in [6.45, 7) is 0. The van der Waals surface area contributed by atoms with Crippen molar-refractivity contribution < 1.29 is 4.39 Å². The summed E-state index contributed by atoms with van der Waals surface area (Å²) < 4.78 is 13.0. The third-order valence-electron chi connectivity index (χ3n) is 1.97. The van der Waals surface area contributed by atoms with Gasteiger partial charge < -0.3 is 5.73 Å². The van der Waals surface area contributed by atoms with Crippen molar-refractivity contribution in [3.63, 3.8) is 0 Å². The molecule has 0 amide bonds. The third kappa shape index (κ3) is 2.70. The Balaban J connectivity index is 2.08. The van der Waals surface area contributed by atoms with Gasteiger partial charge in [0, 0.05) is 34.9 Å². The normalized spacial score (nSPS) is 10.3. The van der Waals surface area contributed by atoms with Crippen molar-refractivity contribution >= 4 is 17.4 Å². The van der Waals surface area contributed by atoms with Gasteiger partial charge in [0.15, 0.2) is 0 Å². The Labute approximate surface area is 96.9 Å². The monoisotopic (exact) mass is 235 g/mol. The molecule has 82 valence electrons. The van der Waals surface area contributed by atoms with Crippen LogP contribution in [-0.2, 0) is 5.75 Å². The van der Waals surface area contributed by atoms with Crippen molar-refractivity contribution in [3.8, 4) is 0 Å². The Morgan fingerprint density at radius 1 is 1.31 bits per heavy atom. The van der Waals surface area contributed by atoms with Crippen LogP contribution in [0.2, 0.25) is 0 Å². The maximum absolute atomic E-state index is 13.0. The van der Waals surface area contributed by atoms with Gasteiger partial charge in [0.1, 0.15) is 5.82 Å². The summed E-state index contributed by atoms with van der Waals surface area (Å²) in [7, 11) is 0. The quantitative estimate of drug-likeness (QED) is 0.656. The van der Waals surface area contributed by atoms with Gasteiger partial charge in [-0.15, -0.1) is 11.8 Å². The SMILES string of the molecule is Nc1ccc(F)cc1SCc1cnccn1. The van der Waals surface area contributed by atoms with Crippen molar-refractivity contribution in [2.24, 2.45) is 0 Å². The van der Waals surface area contributed by atoms with Gasteiger partial charge in [-0.05, 0) is 18.2 Å². The van der Waals surface area contributed by atoms with Gasteiger partial charge in [-0.3, -0.25) is 9.97 Å². The summed E-state index contributed by atoms with van der Waals surface area (Å²) in [6.07, 6.45) is 4.93. The van der Waals surface area contributed by atoms with E-state index in [4.69, 9.17) is 5.73 Å². The van der Waals surface area contributed by atoms with E-state index < -0.39 is 0 Å². The molecule has 1 heterocycles. The number of benzene rings is 1. The molecule has 3 nitrogen and oxygen atoms in total. The predicted octanol–water partition coefficient (Wildman–Crippen LogP) is 2.49. The molecule has 1 aromatic heterocycles. The zero-order valence-corrected chi connectivity index (χ0v) is 9.25. The highest BCUT2D eigenvalue weighted by atomic mass is 32.2. The van der Waals surface area contributed by atoms with E-state index in [2.05, 4.69) is 9.97 Å². The summed E-state index contributed by atoms with van der Waals surface area (Å²) in [6, 6.07) is 4.34. The standard InChI is InChI=1S/C11H10FN3S/c12-8-1-2-10(13)11(5-8)16-7-9-6-14-3-4-15-9/h1-6H,7,13H2. The zero-order chi connectivity index (χ0) is 11.4. The van der Waals surface area contributed by atoms with Gasteiger partial charge in [0.2, 0.25) is 0 Å². The first-order chi connectivity index (χ1) is 7.75. The van der Waals surface area contributed by atoms with Gasteiger partial charge in [0.05, 0.1) is 5.69 Å². The Kier molecular flexibility index (Phi) is 3.36. The van der Waals surface area contributed by atoms with E-state index in [1.165, 1.54) is 23.9 Å². The van der Waals surface area contributed by atoms with E-state index in [0.29, 0.717) is 11.4 Å². The van der Waals surface area contributed by atoms with Crippen LogP contribution in [0.15, 0.2) is 41.7 Å². The minimum Gasteiger partial charge on any atom is -0.398 e. The third-order valence-corrected chi connectivity index (χ3v) is 3.07. The molecule has 0 aliphatic heterocycles. The van der Waals surface area contributed by atoms with E-state index in [9.17, 15) is 4.39 Å². The number of nitrogen functional groups attached to an aromatic ring is 1. The second-order valence-electron chi connectivity index (χ2n) is 3.17. The van der Waals surface area contributed by atoms with E-state index in [-0.39, 0.29) is 5.82 Å². The minimum atomic E-state index is -0.282. The molecule has 0 aliphatic carbocycles. The lowest BCUT2D eigenvalue weighted by Gasteiger charge is -2.04. The highest BCUT2D eigenvalue weighted by molar-refractivity contribution is 7.98. The van der Waals surface area contributed by atoms with Crippen LogP contribution in [-0.4, -0.2) is 9.97 Å². The Morgan fingerprint density at radius 3 is 2.94 bits per heavy atom. The molecule has 0 fully saturated rings. The molecular formula is C11H10FN3S. The van der Waals surface area contributed by atoms with E-state index in [1.807, 2.05) is 0 Å². The average Bonchev–Trinajstić information content (AvgIpc) is 2.32. The predicted molar refractivity (Wildman–Crippen MR) is 62.4 cm³/mol. The summed E-state index contributed by atoms with van der Waals surface area (Å²) in [4.78, 5) is 8.81. The number of hydrogen-bond acceptors (Lipinski definition) is 4. The highest BCUT2D eigenvalue weighted by Crippen LogP contribution is 2.27. The fourth-order valence-electron chi connectivity index (χ4n) is 1.19. The largest absolute Gasteiger partial charge is 0.398 e. The number of anilines is 1. The minimum absolute atomic E-state index is 0.282. The van der Waals surface area contributed by atoms with Crippen molar-refractivity contribution in [1.29, 1.82) is 0 Å². The van der Waals surface area contributed by atoms with Gasteiger partial charge in [-0.1, -0.05) is 0 Å². The maximum Gasteiger partial charge on any atom is 0.124 e. The molecule has 0 spiro atoms. The molecule has 16 heavy (non-hydrogen) atoms. The fourth-order valence-corrected chi connectivity index (χ4v) is 2.07. The molecule has 0 radical (unpaired) electrons. The summed E-state index contributed by atoms with van der Waals surface area (Å²) in [5, 5.41) is 0. The lowest BCUT2D eigenvalue weighted by Crippen LogP contribution is -1.91. The summed E-state index contributed by atoms with van der Waals surface area (Å²) >= 11 is 1.45. The molecular weight excluding hydrogens is 225 g/mol. The van der Waals surface area contributed by atoms with Crippen molar-refractivity contribution in [2.45, 2.75) is 10.6 Å². The van der Waals surface area contributed by atoms with Crippen LogP contribution in [0.5, 0.6) is 0 Å². The molecule has 0 unspecified atom stereocenters. The molecule has 5 heteroatoms. The number of aromatic nitrogens is 2. The number of rotatable bonds is 3. The lowest BCUT2D eigenvalue weighted by molar-refractivity contribution is 0.624. The Morgan fingerprint density at radius 2 is 2.19 bits per heavy atom. The molecule has 0 aliphatic rings. The lowest BCUT2D eigenvalue weighted by atomic mass is 10.3. The molecule has 0 saturated carbocycles. The van der Waals surface area contributed by atoms with Gasteiger partial charge in [0.25, 0.3) is 0 Å². The van der Waals surface area contributed by atoms with Crippen LogP contribution in [0.1, 0.15) is 5.69 Å². The van der Waals surface area contributed by atoms with Crippen LogP contribution < -0.4 is 5.73 Å². The molecule has 0 bridgehead atoms. The topological polar surface area (TPSA) is 51.8 Å². The van der Waals surface area contributed by atoms with Crippen LogP contribution in [0.4, 0.5) is 10.1 Å². The smallest absolute Gasteiger partial charge is 0.124 e. The number of nitrogens with zero attached hydrogens (tertiary/aromatic N) is 2. The highest BCUT2D eigenvalue weighted by Gasteiger charge is 2.03. The summed E-state index contributed by atoms with van der Waals surface area (Å²) in [5.41, 5.74) is 7.15. The number of nitrogens with two attached hydrogens (primary N) is 1. The first-order valence-corrected chi connectivity index (χ1v) is 5.67. The van der Waals surface area contributed by atoms with Crippen molar-refractivity contribution in [1.82, 2.24) is 9.97 Å². The summed E-state index contributed by atoms with van der Waals surface area (Å²) in [5.74, 6) is 0.345. The van der Waals surface area contributed by atoms with Crippen molar-refractivity contribution in [3.05, 3.63) is 48.3 Å². The van der Waals surface area contributed by atoms with Crippen LogP contribution >= 0.6 is 11.8 Å². The molecule has 2 rings (SSSR count). The Hall–Kier alpha value is -1.62. The van der Waals surface area contributed by atoms with Gasteiger partial charge in [-0.25, -0.2) is 4.39 Å².